The van der Waals surface area contributed by atoms with Crippen molar-refractivity contribution in [3.8, 4) is 0 Å². The SMILES string of the molecule is CN1CCO[C@@H](CCNC(=O)c2cccc(N3CCNC3=O)c2)C1. The first-order chi connectivity index (χ1) is 11.6. The summed E-state index contributed by atoms with van der Waals surface area (Å²) in [5.74, 6) is -0.124. The summed E-state index contributed by atoms with van der Waals surface area (Å²) in [6.07, 6.45) is 0.966. The number of hydrogen-bond donors (Lipinski definition) is 2. The van der Waals surface area contributed by atoms with Crippen LogP contribution in [0.5, 0.6) is 0 Å². The molecule has 0 saturated carbocycles. The lowest BCUT2D eigenvalue weighted by molar-refractivity contribution is -0.0226. The van der Waals surface area contributed by atoms with E-state index < -0.39 is 0 Å². The van der Waals surface area contributed by atoms with Gasteiger partial charge < -0.3 is 20.3 Å². The van der Waals surface area contributed by atoms with Crippen LogP contribution in [0.2, 0.25) is 0 Å². The van der Waals surface area contributed by atoms with Crippen molar-refractivity contribution >= 4 is 17.6 Å². The minimum Gasteiger partial charge on any atom is -0.375 e. The molecular weight excluding hydrogens is 308 g/mol. The average molecular weight is 332 g/mol. The van der Waals surface area contributed by atoms with E-state index in [0.29, 0.717) is 25.2 Å². The van der Waals surface area contributed by atoms with Crippen LogP contribution in [0.15, 0.2) is 24.3 Å². The van der Waals surface area contributed by atoms with Crippen molar-refractivity contribution in [2.75, 3.05) is 51.3 Å². The molecule has 7 nitrogen and oxygen atoms in total. The molecular formula is C17H24N4O3. The molecule has 0 aliphatic carbocycles. The van der Waals surface area contributed by atoms with Gasteiger partial charge in [0.1, 0.15) is 0 Å². The Bertz CT molecular complexity index is 607. The lowest BCUT2D eigenvalue weighted by Crippen LogP contribution is -2.41. The third-order valence-corrected chi connectivity index (χ3v) is 4.37. The fourth-order valence-corrected chi connectivity index (χ4v) is 3.02. The second-order valence-electron chi connectivity index (χ2n) is 6.23. The molecule has 2 aliphatic rings. The Morgan fingerprint density at radius 1 is 1.42 bits per heavy atom. The molecule has 2 heterocycles. The van der Waals surface area contributed by atoms with Crippen LogP contribution in [0, 0.1) is 0 Å². The van der Waals surface area contributed by atoms with Crippen molar-refractivity contribution < 1.29 is 14.3 Å². The molecule has 24 heavy (non-hydrogen) atoms. The largest absolute Gasteiger partial charge is 0.375 e. The van der Waals surface area contributed by atoms with Gasteiger partial charge in [0.25, 0.3) is 5.91 Å². The molecule has 7 heteroatoms. The van der Waals surface area contributed by atoms with Gasteiger partial charge in [-0.15, -0.1) is 0 Å². The molecule has 130 valence electrons. The van der Waals surface area contributed by atoms with Crippen LogP contribution in [0.4, 0.5) is 10.5 Å². The van der Waals surface area contributed by atoms with Gasteiger partial charge in [0.05, 0.1) is 12.7 Å². The van der Waals surface area contributed by atoms with Gasteiger partial charge in [-0.3, -0.25) is 9.69 Å². The molecule has 0 aromatic heterocycles. The van der Waals surface area contributed by atoms with Crippen molar-refractivity contribution in [3.63, 3.8) is 0 Å². The number of carbonyl (C=O) groups is 2. The summed E-state index contributed by atoms with van der Waals surface area (Å²) in [4.78, 5) is 27.9. The zero-order valence-corrected chi connectivity index (χ0v) is 14.0. The highest BCUT2D eigenvalue weighted by molar-refractivity contribution is 5.98. The van der Waals surface area contributed by atoms with Crippen LogP contribution in [-0.2, 0) is 4.74 Å². The number of benzene rings is 1. The Kier molecular flexibility index (Phi) is 5.32. The number of morpholine rings is 1. The first-order valence-electron chi connectivity index (χ1n) is 8.37. The number of urea groups is 1. The lowest BCUT2D eigenvalue weighted by Gasteiger charge is -2.30. The van der Waals surface area contributed by atoms with E-state index in [1.807, 2.05) is 6.07 Å². The smallest absolute Gasteiger partial charge is 0.321 e. The number of nitrogens with one attached hydrogen (secondary N) is 2. The van der Waals surface area contributed by atoms with Crippen LogP contribution < -0.4 is 15.5 Å². The minimum atomic E-state index is -0.124. The second-order valence-corrected chi connectivity index (χ2v) is 6.23. The maximum absolute atomic E-state index is 12.3. The van der Waals surface area contributed by atoms with Crippen LogP contribution in [-0.4, -0.2) is 69.3 Å². The Morgan fingerprint density at radius 3 is 3.04 bits per heavy atom. The monoisotopic (exact) mass is 332 g/mol. The first kappa shape index (κ1) is 16.7. The van der Waals surface area contributed by atoms with Gasteiger partial charge in [0.15, 0.2) is 0 Å². The predicted molar refractivity (Wildman–Crippen MR) is 91.4 cm³/mol. The van der Waals surface area contributed by atoms with E-state index in [-0.39, 0.29) is 18.0 Å². The van der Waals surface area contributed by atoms with Crippen molar-refractivity contribution in [1.29, 1.82) is 0 Å². The maximum atomic E-state index is 12.3. The summed E-state index contributed by atoms with van der Waals surface area (Å²) in [7, 11) is 2.08. The van der Waals surface area contributed by atoms with Crippen molar-refractivity contribution in [2.24, 2.45) is 0 Å². The second kappa shape index (κ2) is 7.63. The Morgan fingerprint density at radius 2 is 2.29 bits per heavy atom. The van der Waals surface area contributed by atoms with E-state index >= 15 is 0 Å². The quantitative estimate of drug-likeness (QED) is 0.831. The maximum Gasteiger partial charge on any atom is 0.321 e. The number of ether oxygens (including phenoxy) is 1. The normalized spacial score (nSPS) is 21.6. The predicted octanol–water partition coefficient (Wildman–Crippen LogP) is 0.667. The fraction of sp³-hybridized carbons (Fsp3) is 0.529. The molecule has 3 amide bonds. The van der Waals surface area contributed by atoms with Gasteiger partial charge in [0, 0.05) is 44.0 Å². The Hall–Kier alpha value is -2.12. The van der Waals surface area contributed by atoms with Crippen LogP contribution >= 0.6 is 0 Å². The van der Waals surface area contributed by atoms with Crippen LogP contribution in [0.25, 0.3) is 0 Å². The number of nitrogens with zero attached hydrogens (tertiary/aromatic N) is 2. The molecule has 1 atom stereocenters. The standard InChI is InChI=1S/C17H24N4O3/c1-20-9-10-24-15(12-20)5-6-18-16(22)13-3-2-4-14(11-13)21-8-7-19-17(21)23/h2-4,11,15H,5-10,12H2,1H3,(H,18,22)(H,19,23)/t15-/m0/s1. The van der Waals surface area contributed by atoms with Crippen LogP contribution in [0.3, 0.4) is 0 Å². The summed E-state index contributed by atoms with van der Waals surface area (Å²) in [5, 5.41) is 5.69. The number of carbonyl (C=O) groups excluding carboxylic acids is 2. The molecule has 2 fully saturated rings. The number of amides is 3. The third kappa shape index (κ3) is 4.04. The molecule has 0 radical (unpaired) electrons. The lowest BCUT2D eigenvalue weighted by atomic mass is 10.1. The highest BCUT2D eigenvalue weighted by atomic mass is 16.5. The van der Waals surface area contributed by atoms with E-state index in [1.165, 1.54) is 0 Å². The van der Waals surface area contributed by atoms with Gasteiger partial charge >= 0.3 is 6.03 Å². The topological polar surface area (TPSA) is 73.9 Å². The number of likely N-dealkylation sites (N-methyl/N-ethyl adjacent to an activating group) is 1. The third-order valence-electron chi connectivity index (χ3n) is 4.37. The van der Waals surface area contributed by atoms with E-state index in [0.717, 1.165) is 31.8 Å². The van der Waals surface area contributed by atoms with Crippen LogP contribution in [0.1, 0.15) is 16.8 Å². The van der Waals surface area contributed by atoms with Crippen molar-refractivity contribution in [3.05, 3.63) is 29.8 Å². The van der Waals surface area contributed by atoms with Gasteiger partial charge in [-0.25, -0.2) is 4.79 Å². The Labute approximate surface area is 141 Å². The van der Waals surface area contributed by atoms with Crippen molar-refractivity contribution in [1.82, 2.24) is 15.5 Å². The Balaban J connectivity index is 1.52. The number of rotatable bonds is 5. The van der Waals surface area contributed by atoms with E-state index in [2.05, 4.69) is 22.6 Å². The highest BCUT2D eigenvalue weighted by Crippen LogP contribution is 2.18. The summed E-state index contributed by atoms with van der Waals surface area (Å²) in [6, 6.07) is 7.04. The zero-order valence-electron chi connectivity index (χ0n) is 14.0. The molecule has 0 spiro atoms. The number of hydrogen-bond acceptors (Lipinski definition) is 4. The summed E-state index contributed by atoms with van der Waals surface area (Å²) in [5.41, 5.74) is 1.31. The first-order valence-corrected chi connectivity index (χ1v) is 8.37. The van der Waals surface area contributed by atoms with Gasteiger partial charge in [0.2, 0.25) is 0 Å². The molecule has 2 N–H and O–H groups in total. The minimum absolute atomic E-state index is 0.119. The number of anilines is 1. The molecule has 2 saturated heterocycles. The fourth-order valence-electron chi connectivity index (χ4n) is 3.02. The zero-order chi connectivity index (χ0) is 16.9. The van der Waals surface area contributed by atoms with E-state index in [4.69, 9.17) is 4.74 Å². The highest BCUT2D eigenvalue weighted by Gasteiger charge is 2.22. The summed E-state index contributed by atoms with van der Waals surface area (Å²) in [6.45, 7) is 4.43. The molecule has 1 aromatic carbocycles. The molecule has 0 bridgehead atoms. The summed E-state index contributed by atoms with van der Waals surface area (Å²) >= 11 is 0. The van der Waals surface area contributed by atoms with Gasteiger partial charge in [-0.05, 0) is 31.7 Å². The summed E-state index contributed by atoms with van der Waals surface area (Å²) < 4.78 is 5.69. The average Bonchev–Trinajstić information content (AvgIpc) is 3.01. The van der Waals surface area contributed by atoms with Gasteiger partial charge in [-0.2, -0.15) is 0 Å². The molecule has 1 aromatic rings. The van der Waals surface area contributed by atoms with Gasteiger partial charge in [-0.1, -0.05) is 6.07 Å². The molecule has 2 aliphatic heterocycles. The molecule has 0 unspecified atom stereocenters. The van der Waals surface area contributed by atoms with Crippen molar-refractivity contribution in [2.45, 2.75) is 12.5 Å². The van der Waals surface area contributed by atoms with E-state index in [9.17, 15) is 9.59 Å². The molecule has 3 rings (SSSR count). The van der Waals surface area contributed by atoms with E-state index in [1.54, 1.807) is 23.1 Å².